The minimum absolute atomic E-state index is 0.192. The maximum Gasteiger partial charge on any atom is 0.223 e. The van der Waals surface area contributed by atoms with Gasteiger partial charge in [-0.1, -0.05) is 26.2 Å². The van der Waals surface area contributed by atoms with Crippen molar-refractivity contribution in [3.05, 3.63) is 0 Å². The van der Waals surface area contributed by atoms with E-state index in [2.05, 4.69) is 12.2 Å². The van der Waals surface area contributed by atoms with E-state index < -0.39 is 0 Å². The summed E-state index contributed by atoms with van der Waals surface area (Å²) in [4.78, 5) is 12.0. The molecule has 1 atom stereocenters. The van der Waals surface area contributed by atoms with Crippen LogP contribution in [0.2, 0.25) is 0 Å². The molecule has 2 aliphatic carbocycles. The Morgan fingerprint density at radius 2 is 2.00 bits per heavy atom. The van der Waals surface area contributed by atoms with Gasteiger partial charge < -0.3 is 11.1 Å². The molecule has 0 aliphatic heterocycles. The molecular formula is C14H26N2O. The Kier molecular flexibility index (Phi) is 4.08. The van der Waals surface area contributed by atoms with Crippen molar-refractivity contribution in [3.63, 3.8) is 0 Å². The first-order chi connectivity index (χ1) is 8.17. The smallest absolute Gasteiger partial charge is 0.223 e. The SMILES string of the molecule is CC(C(=O)NCC1(CN)CCCCC1)C1CC1. The number of nitrogens with two attached hydrogens (primary N) is 1. The van der Waals surface area contributed by atoms with E-state index in [1.807, 2.05) is 0 Å². The Labute approximate surface area is 105 Å². The molecule has 1 unspecified atom stereocenters. The van der Waals surface area contributed by atoms with Crippen molar-refractivity contribution in [1.82, 2.24) is 5.32 Å². The molecule has 3 heteroatoms. The Hall–Kier alpha value is -0.570. The summed E-state index contributed by atoms with van der Waals surface area (Å²) in [6.45, 7) is 3.56. The molecule has 3 N–H and O–H groups in total. The molecule has 0 radical (unpaired) electrons. The third-order valence-electron chi connectivity index (χ3n) is 4.73. The summed E-state index contributed by atoms with van der Waals surface area (Å²) >= 11 is 0. The maximum atomic E-state index is 12.0. The van der Waals surface area contributed by atoms with Crippen molar-refractivity contribution in [2.45, 2.75) is 51.9 Å². The molecular weight excluding hydrogens is 212 g/mol. The van der Waals surface area contributed by atoms with E-state index in [1.165, 1.54) is 44.9 Å². The summed E-state index contributed by atoms with van der Waals surface area (Å²) in [5, 5.41) is 3.15. The van der Waals surface area contributed by atoms with Crippen LogP contribution in [-0.2, 0) is 4.79 Å². The van der Waals surface area contributed by atoms with Gasteiger partial charge in [0.15, 0.2) is 0 Å². The van der Waals surface area contributed by atoms with Crippen LogP contribution in [0.4, 0.5) is 0 Å². The highest BCUT2D eigenvalue weighted by molar-refractivity contribution is 5.78. The zero-order chi connectivity index (χ0) is 12.3. The molecule has 2 fully saturated rings. The Morgan fingerprint density at radius 1 is 1.35 bits per heavy atom. The average Bonchev–Trinajstić information content (AvgIpc) is 3.20. The summed E-state index contributed by atoms with van der Waals surface area (Å²) < 4.78 is 0. The van der Waals surface area contributed by atoms with Crippen LogP contribution in [0.3, 0.4) is 0 Å². The second kappa shape index (κ2) is 5.38. The first-order valence-electron chi connectivity index (χ1n) is 7.15. The van der Waals surface area contributed by atoms with E-state index in [-0.39, 0.29) is 17.2 Å². The van der Waals surface area contributed by atoms with Gasteiger partial charge in [0.2, 0.25) is 5.91 Å². The van der Waals surface area contributed by atoms with Crippen molar-refractivity contribution in [1.29, 1.82) is 0 Å². The van der Waals surface area contributed by atoms with Gasteiger partial charge in [0, 0.05) is 12.5 Å². The fourth-order valence-corrected chi connectivity index (χ4v) is 3.00. The van der Waals surface area contributed by atoms with Gasteiger partial charge >= 0.3 is 0 Å². The lowest BCUT2D eigenvalue weighted by Gasteiger charge is -2.36. The van der Waals surface area contributed by atoms with Gasteiger partial charge in [0.1, 0.15) is 0 Å². The number of amides is 1. The minimum atomic E-state index is 0.192. The van der Waals surface area contributed by atoms with Crippen LogP contribution < -0.4 is 11.1 Å². The third-order valence-corrected chi connectivity index (χ3v) is 4.73. The van der Waals surface area contributed by atoms with E-state index in [0.29, 0.717) is 12.5 Å². The number of carbonyl (C=O) groups is 1. The van der Waals surface area contributed by atoms with Crippen molar-refractivity contribution < 1.29 is 4.79 Å². The zero-order valence-electron chi connectivity index (χ0n) is 11.0. The van der Waals surface area contributed by atoms with Crippen LogP contribution in [0.25, 0.3) is 0 Å². The predicted octanol–water partition coefficient (Wildman–Crippen LogP) is 2.06. The molecule has 0 bridgehead atoms. The number of hydrogen-bond donors (Lipinski definition) is 2. The molecule has 17 heavy (non-hydrogen) atoms. The van der Waals surface area contributed by atoms with E-state index in [9.17, 15) is 4.79 Å². The molecule has 2 saturated carbocycles. The Morgan fingerprint density at radius 3 is 2.53 bits per heavy atom. The average molecular weight is 238 g/mol. The van der Waals surface area contributed by atoms with Crippen LogP contribution in [0.15, 0.2) is 0 Å². The van der Waals surface area contributed by atoms with Crippen LogP contribution in [0.5, 0.6) is 0 Å². The first-order valence-corrected chi connectivity index (χ1v) is 7.15. The summed E-state index contributed by atoms with van der Waals surface area (Å²) in [6.07, 6.45) is 8.70. The zero-order valence-corrected chi connectivity index (χ0v) is 11.0. The van der Waals surface area contributed by atoms with Gasteiger partial charge in [0.05, 0.1) is 0 Å². The van der Waals surface area contributed by atoms with Crippen molar-refractivity contribution in [2.75, 3.05) is 13.1 Å². The third kappa shape index (κ3) is 3.21. The number of nitrogens with one attached hydrogen (secondary N) is 1. The number of carbonyl (C=O) groups excluding carboxylic acids is 1. The topological polar surface area (TPSA) is 55.1 Å². The summed E-state index contributed by atoms with van der Waals surface area (Å²) in [5.74, 6) is 1.09. The lowest BCUT2D eigenvalue weighted by atomic mass is 9.74. The molecule has 3 nitrogen and oxygen atoms in total. The van der Waals surface area contributed by atoms with Crippen LogP contribution in [-0.4, -0.2) is 19.0 Å². The molecule has 0 aromatic rings. The van der Waals surface area contributed by atoms with Gasteiger partial charge in [0.25, 0.3) is 0 Å². The maximum absolute atomic E-state index is 12.0. The van der Waals surface area contributed by atoms with E-state index in [0.717, 1.165) is 6.54 Å². The summed E-state index contributed by atoms with van der Waals surface area (Å²) in [7, 11) is 0. The fraction of sp³-hybridized carbons (Fsp3) is 0.929. The fourth-order valence-electron chi connectivity index (χ4n) is 3.00. The van der Waals surface area contributed by atoms with Gasteiger partial charge in [-0.3, -0.25) is 4.79 Å². The molecule has 0 aromatic carbocycles. The van der Waals surface area contributed by atoms with Crippen molar-refractivity contribution >= 4 is 5.91 Å². The van der Waals surface area contributed by atoms with Crippen molar-refractivity contribution in [3.8, 4) is 0 Å². The van der Waals surface area contributed by atoms with Crippen LogP contribution in [0, 0.1) is 17.3 Å². The molecule has 0 saturated heterocycles. The van der Waals surface area contributed by atoms with E-state index in [4.69, 9.17) is 5.73 Å². The van der Waals surface area contributed by atoms with Gasteiger partial charge in [-0.05, 0) is 43.6 Å². The standard InChI is InChI=1S/C14H26N2O/c1-11(12-5-6-12)13(17)16-10-14(9-15)7-3-2-4-8-14/h11-12H,2-10,15H2,1H3,(H,16,17). The molecule has 98 valence electrons. The Bertz CT molecular complexity index is 267. The molecule has 0 aromatic heterocycles. The van der Waals surface area contributed by atoms with Crippen LogP contribution >= 0.6 is 0 Å². The highest BCUT2D eigenvalue weighted by atomic mass is 16.1. The van der Waals surface area contributed by atoms with Crippen molar-refractivity contribution in [2.24, 2.45) is 23.0 Å². The largest absolute Gasteiger partial charge is 0.355 e. The second-order valence-electron chi connectivity index (χ2n) is 6.11. The molecule has 2 aliphatic rings. The molecule has 0 spiro atoms. The molecule has 1 amide bonds. The molecule has 2 rings (SSSR count). The number of hydrogen-bond acceptors (Lipinski definition) is 2. The highest BCUT2D eigenvalue weighted by Crippen LogP contribution is 2.37. The monoisotopic (exact) mass is 238 g/mol. The minimum Gasteiger partial charge on any atom is -0.355 e. The lowest BCUT2D eigenvalue weighted by Crippen LogP contribution is -2.45. The summed E-state index contributed by atoms with van der Waals surface area (Å²) in [6, 6.07) is 0. The summed E-state index contributed by atoms with van der Waals surface area (Å²) in [5.41, 5.74) is 6.11. The van der Waals surface area contributed by atoms with E-state index in [1.54, 1.807) is 0 Å². The van der Waals surface area contributed by atoms with Gasteiger partial charge in [-0.2, -0.15) is 0 Å². The highest BCUT2D eigenvalue weighted by Gasteiger charge is 2.35. The van der Waals surface area contributed by atoms with E-state index >= 15 is 0 Å². The number of rotatable bonds is 5. The van der Waals surface area contributed by atoms with Crippen LogP contribution in [0.1, 0.15) is 51.9 Å². The normalized spacial score (nSPS) is 25.3. The van der Waals surface area contributed by atoms with Gasteiger partial charge in [-0.25, -0.2) is 0 Å². The Balaban J connectivity index is 1.80. The first kappa shape index (κ1) is 12.9. The lowest BCUT2D eigenvalue weighted by molar-refractivity contribution is -0.125. The molecule has 0 heterocycles. The second-order valence-corrected chi connectivity index (χ2v) is 6.11. The predicted molar refractivity (Wildman–Crippen MR) is 69.5 cm³/mol. The van der Waals surface area contributed by atoms with Gasteiger partial charge in [-0.15, -0.1) is 0 Å². The quantitative estimate of drug-likeness (QED) is 0.770.